The van der Waals surface area contributed by atoms with E-state index in [1.165, 1.54) is 0 Å². The summed E-state index contributed by atoms with van der Waals surface area (Å²) < 4.78 is 0. The van der Waals surface area contributed by atoms with E-state index in [1.807, 2.05) is 14.0 Å². The molecule has 0 aliphatic carbocycles. The summed E-state index contributed by atoms with van der Waals surface area (Å²) >= 11 is 0. The summed E-state index contributed by atoms with van der Waals surface area (Å²) in [7, 11) is 1.81. The van der Waals surface area contributed by atoms with Crippen LogP contribution in [-0.2, 0) is 6.54 Å². The molecule has 0 radical (unpaired) electrons. The molecule has 1 aromatic heterocycles. The summed E-state index contributed by atoms with van der Waals surface area (Å²) in [5, 5.41) is 0. The van der Waals surface area contributed by atoms with Crippen molar-refractivity contribution in [3.8, 4) is 0 Å². The van der Waals surface area contributed by atoms with Crippen LogP contribution in [0.1, 0.15) is 21.5 Å². The molecule has 0 saturated carbocycles. The van der Waals surface area contributed by atoms with Gasteiger partial charge < -0.3 is 4.90 Å². The van der Waals surface area contributed by atoms with E-state index in [1.54, 1.807) is 17.3 Å². The van der Waals surface area contributed by atoms with E-state index in [2.05, 4.69) is 4.98 Å². The minimum atomic E-state index is 0.0844. The smallest absolute Gasteiger partial charge is 0.255 e. The molecular weight excluding hydrogens is 152 g/mol. The summed E-state index contributed by atoms with van der Waals surface area (Å²) in [5.74, 6) is 0.0844. The van der Waals surface area contributed by atoms with E-state index in [4.69, 9.17) is 0 Å². The standard InChI is InChI=1S/C9H10N2O/c1-6-3-10-4-7-8(6)5-11(2)9(7)12/h3-4H,5H2,1-2H3. The maximum absolute atomic E-state index is 11.4. The molecule has 3 heteroatoms. The monoisotopic (exact) mass is 162 g/mol. The van der Waals surface area contributed by atoms with Gasteiger partial charge in [-0.15, -0.1) is 0 Å². The first-order valence-corrected chi connectivity index (χ1v) is 3.89. The number of amides is 1. The van der Waals surface area contributed by atoms with Gasteiger partial charge in [0, 0.05) is 26.0 Å². The molecule has 0 bridgehead atoms. The quantitative estimate of drug-likeness (QED) is 0.569. The molecule has 12 heavy (non-hydrogen) atoms. The van der Waals surface area contributed by atoms with Crippen LogP contribution in [0.15, 0.2) is 12.4 Å². The van der Waals surface area contributed by atoms with Crippen molar-refractivity contribution in [1.82, 2.24) is 9.88 Å². The fraction of sp³-hybridized carbons (Fsp3) is 0.333. The molecule has 0 fully saturated rings. The minimum Gasteiger partial charge on any atom is -0.337 e. The normalized spacial score (nSPS) is 15.2. The van der Waals surface area contributed by atoms with Crippen molar-refractivity contribution in [2.24, 2.45) is 0 Å². The first-order chi connectivity index (χ1) is 5.70. The first kappa shape index (κ1) is 7.28. The summed E-state index contributed by atoms with van der Waals surface area (Å²) in [5.41, 5.74) is 2.99. The molecule has 0 saturated heterocycles. The molecule has 0 spiro atoms. The highest BCUT2D eigenvalue weighted by atomic mass is 16.2. The van der Waals surface area contributed by atoms with Gasteiger partial charge in [-0.3, -0.25) is 9.78 Å². The Labute approximate surface area is 71.0 Å². The molecule has 1 aliphatic rings. The van der Waals surface area contributed by atoms with Gasteiger partial charge in [0.25, 0.3) is 5.91 Å². The highest BCUT2D eigenvalue weighted by Crippen LogP contribution is 2.22. The van der Waals surface area contributed by atoms with Crippen LogP contribution in [0.3, 0.4) is 0 Å². The van der Waals surface area contributed by atoms with Crippen LogP contribution >= 0.6 is 0 Å². The van der Waals surface area contributed by atoms with Crippen LogP contribution in [0.2, 0.25) is 0 Å². The molecular formula is C9H10N2O. The second-order valence-electron chi connectivity index (χ2n) is 3.14. The van der Waals surface area contributed by atoms with Gasteiger partial charge in [0.1, 0.15) is 0 Å². The second kappa shape index (κ2) is 2.30. The van der Waals surface area contributed by atoms with Gasteiger partial charge in [-0.1, -0.05) is 0 Å². The van der Waals surface area contributed by atoms with Crippen molar-refractivity contribution in [2.45, 2.75) is 13.5 Å². The Hall–Kier alpha value is -1.38. The van der Waals surface area contributed by atoms with Crippen LogP contribution in [-0.4, -0.2) is 22.8 Å². The van der Waals surface area contributed by atoms with Gasteiger partial charge in [0.05, 0.1) is 5.56 Å². The van der Waals surface area contributed by atoms with Crippen molar-refractivity contribution < 1.29 is 4.79 Å². The molecule has 1 aromatic rings. The third kappa shape index (κ3) is 0.826. The zero-order valence-electron chi connectivity index (χ0n) is 7.16. The number of aryl methyl sites for hydroxylation is 1. The molecule has 0 aromatic carbocycles. The van der Waals surface area contributed by atoms with Crippen LogP contribution < -0.4 is 0 Å². The number of fused-ring (bicyclic) bond motifs is 1. The van der Waals surface area contributed by atoms with Gasteiger partial charge in [0.15, 0.2) is 0 Å². The largest absolute Gasteiger partial charge is 0.337 e. The van der Waals surface area contributed by atoms with E-state index in [-0.39, 0.29) is 5.91 Å². The van der Waals surface area contributed by atoms with Crippen molar-refractivity contribution >= 4 is 5.91 Å². The summed E-state index contributed by atoms with van der Waals surface area (Å²) in [6.45, 7) is 2.71. The number of hydrogen-bond acceptors (Lipinski definition) is 2. The summed E-state index contributed by atoms with van der Waals surface area (Å²) in [4.78, 5) is 17.1. The number of hydrogen-bond donors (Lipinski definition) is 0. The van der Waals surface area contributed by atoms with Gasteiger partial charge in [-0.25, -0.2) is 0 Å². The Morgan fingerprint density at radius 3 is 2.92 bits per heavy atom. The third-order valence-corrected chi connectivity index (χ3v) is 2.25. The van der Waals surface area contributed by atoms with E-state index in [0.29, 0.717) is 0 Å². The molecule has 3 nitrogen and oxygen atoms in total. The fourth-order valence-corrected chi connectivity index (χ4v) is 1.50. The first-order valence-electron chi connectivity index (χ1n) is 3.89. The number of pyridine rings is 1. The average Bonchev–Trinajstić information content (AvgIpc) is 2.32. The highest BCUT2D eigenvalue weighted by Gasteiger charge is 2.25. The molecule has 0 unspecified atom stereocenters. The van der Waals surface area contributed by atoms with Crippen LogP contribution in [0, 0.1) is 6.92 Å². The number of carbonyl (C=O) groups excluding carboxylic acids is 1. The van der Waals surface area contributed by atoms with E-state index >= 15 is 0 Å². The maximum Gasteiger partial charge on any atom is 0.255 e. The number of rotatable bonds is 0. The predicted molar refractivity (Wildman–Crippen MR) is 44.8 cm³/mol. The van der Waals surface area contributed by atoms with Crippen molar-refractivity contribution in [3.63, 3.8) is 0 Å². The molecule has 0 atom stereocenters. The van der Waals surface area contributed by atoms with Gasteiger partial charge in [-0.05, 0) is 18.1 Å². The van der Waals surface area contributed by atoms with Crippen LogP contribution in [0.5, 0.6) is 0 Å². The highest BCUT2D eigenvalue weighted by molar-refractivity contribution is 5.98. The Morgan fingerprint density at radius 2 is 2.25 bits per heavy atom. The summed E-state index contributed by atoms with van der Waals surface area (Å²) in [6, 6.07) is 0. The van der Waals surface area contributed by atoms with Crippen molar-refractivity contribution in [1.29, 1.82) is 0 Å². The Kier molecular flexibility index (Phi) is 1.40. The van der Waals surface area contributed by atoms with Gasteiger partial charge >= 0.3 is 0 Å². The number of aromatic nitrogens is 1. The minimum absolute atomic E-state index is 0.0844. The molecule has 0 N–H and O–H groups in total. The molecule has 1 aliphatic heterocycles. The maximum atomic E-state index is 11.4. The number of nitrogens with zero attached hydrogens (tertiary/aromatic N) is 2. The van der Waals surface area contributed by atoms with Crippen molar-refractivity contribution in [2.75, 3.05) is 7.05 Å². The van der Waals surface area contributed by atoms with Crippen LogP contribution in [0.4, 0.5) is 0 Å². The van der Waals surface area contributed by atoms with Gasteiger partial charge in [-0.2, -0.15) is 0 Å². The third-order valence-electron chi connectivity index (χ3n) is 2.25. The van der Waals surface area contributed by atoms with E-state index in [9.17, 15) is 4.79 Å². The number of carbonyl (C=O) groups is 1. The zero-order valence-corrected chi connectivity index (χ0v) is 7.16. The lowest BCUT2D eigenvalue weighted by Gasteiger charge is -2.04. The van der Waals surface area contributed by atoms with Crippen molar-refractivity contribution in [3.05, 3.63) is 29.1 Å². The lowest BCUT2D eigenvalue weighted by molar-refractivity contribution is 0.0816. The second-order valence-corrected chi connectivity index (χ2v) is 3.14. The molecule has 2 rings (SSSR count). The zero-order chi connectivity index (χ0) is 8.72. The lowest BCUT2D eigenvalue weighted by atomic mass is 10.1. The Balaban J connectivity index is 2.61. The van der Waals surface area contributed by atoms with Gasteiger partial charge in [0.2, 0.25) is 0 Å². The van der Waals surface area contributed by atoms with E-state index in [0.717, 1.165) is 23.2 Å². The van der Waals surface area contributed by atoms with E-state index < -0.39 is 0 Å². The Morgan fingerprint density at radius 1 is 1.50 bits per heavy atom. The predicted octanol–water partition coefficient (Wildman–Crippen LogP) is 0.976. The lowest BCUT2D eigenvalue weighted by Crippen LogP contribution is -2.17. The topological polar surface area (TPSA) is 33.2 Å². The Bertz CT molecular complexity index is 346. The molecule has 2 heterocycles. The average molecular weight is 162 g/mol. The van der Waals surface area contributed by atoms with Crippen LogP contribution in [0.25, 0.3) is 0 Å². The SMILES string of the molecule is Cc1cncc2c1CN(C)C2=O. The summed E-state index contributed by atoms with van der Waals surface area (Å²) in [6.07, 6.45) is 3.44. The molecule has 62 valence electrons. The fourth-order valence-electron chi connectivity index (χ4n) is 1.50. The molecule has 1 amide bonds.